The first-order valence-corrected chi connectivity index (χ1v) is 6.98. The summed E-state index contributed by atoms with van der Waals surface area (Å²) in [6, 6.07) is 10.5. The summed E-state index contributed by atoms with van der Waals surface area (Å²) in [5.74, 6) is -0.163. The molecule has 0 aliphatic carbocycles. The second-order valence-electron chi connectivity index (χ2n) is 4.93. The summed E-state index contributed by atoms with van der Waals surface area (Å²) in [6.07, 6.45) is 0.624. The maximum Gasteiger partial charge on any atom is 0.412 e. The predicted octanol–water partition coefficient (Wildman–Crippen LogP) is 2.30. The van der Waals surface area contributed by atoms with Crippen molar-refractivity contribution in [3.05, 3.63) is 62.4 Å². The SMILES string of the molecule is O=[N+]([O-])c1cc(Cl)[n+]([O-])c2c1N[C@@H](Cc1ccccc1)CO2. The molecule has 0 fully saturated rings. The molecule has 1 atom stereocenters. The van der Waals surface area contributed by atoms with Crippen molar-refractivity contribution in [3.63, 3.8) is 0 Å². The molecule has 1 aliphatic rings. The van der Waals surface area contributed by atoms with Crippen molar-refractivity contribution in [1.29, 1.82) is 0 Å². The quantitative estimate of drug-likeness (QED) is 0.308. The molecule has 0 bridgehead atoms. The number of aromatic nitrogens is 1. The lowest BCUT2D eigenvalue weighted by atomic mass is 10.1. The van der Waals surface area contributed by atoms with Gasteiger partial charge in [-0.1, -0.05) is 30.3 Å². The number of pyridine rings is 1. The molecule has 22 heavy (non-hydrogen) atoms. The van der Waals surface area contributed by atoms with Crippen molar-refractivity contribution < 1.29 is 14.4 Å². The number of benzene rings is 1. The standard InChI is InChI=1S/C14H12ClN3O4/c15-12-7-11(18(20)21)13-14(17(12)19)22-8-10(16-13)6-9-4-2-1-3-5-9/h1-5,7,10,16H,6,8H2/t10-/m0/s1. The average Bonchev–Trinajstić information content (AvgIpc) is 2.51. The lowest BCUT2D eigenvalue weighted by Gasteiger charge is -2.25. The van der Waals surface area contributed by atoms with Crippen LogP contribution in [0, 0.1) is 15.3 Å². The number of nitro groups is 1. The number of rotatable bonds is 3. The molecular weight excluding hydrogens is 310 g/mol. The third-order valence-electron chi connectivity index (χ3n) is 3.40. The number of ether oxygens (including phenoxy) is 1. The molecule has 2 aromatic rings. The van der Waals surface area contributed by atoms with Crippen LogP contribution in [0.3, 0.4) is 0 Å². The Balaban J connectivity index is 1.92. The highest BCUT2D eigenvalue weighted by molar-refractivity contribution is 6.28. The third kappa shape index (κ3) is 2.62. The van der Waals surface area contributed by atoms with E-state index in [1.807, 2.05) is 30.3 Å². The Hall–Kier alpha value is -2.54. The van der Waals surface area contributed by atoms with Gasteiger partial charge in [-0.2, -0.15) is 0 Å². The highest BCUT2D eigenvalue weighted by Crippen LogP contribution is 2.36. The number of anilines is 1. The Morgan fingerprint density at radius 1 is 1.41 bits per heavy atom. The van der Waals surface area contributed by atoms with Gasteiger partial charge in [0.25, 0.3) is 5.15 Å². The minimum atomic E-state index is -0.591. The Morgan fingerprint density at radius 2 is 2.14 bits per heavy atom. The molecule has 3 rings (SSSR count). The Labute approximate surface area is 130 Å². The summed E-state index contributed by atoms with van der Waals surface area (Å²) in [5, 5.41) is 25.7. The summed E-state index contributed by atoms with van der Waals surface area (Å²) < 4.78 is 5.75. The minimum Gasteiger partial charge on any atom is -0.615 e. The van der Waals surface area contributed by atoms with E-state index >= 15 is 0 Å². The fraction of sp³-hybridized carbons (Fsp3) is 0.214. The topological polar surface area (TPSA) is 91.3 Å². The lowest BCUT2D eigenvalue weighted by Crippen LogP contribution is -2.41. The van der Waals surface area contributed by atoms with Crippen LogP contribution in [-0.4, -0.2) is 17.6 Å². The molecule has 0 radical (unpaired) electrons. The second kappa shape index (κ2) is 5.69. The van der Waals surface area contributed by atoms with E-state index in [4.69, 9.17) is 16.3 Å². The summed E-state index contributed by atoms with van der Waals surface area (Å²) in [7, 11) is 0. The zero-order chi connectivity index (χ0) is 15.7. The van der Waals surface area contributed by atoms with Crippen LogP contribution >= 0.6 is 11.6 Å². The molecule has 114 valence electrons. The van der Waals surface area contributed by atoms with Gasteiger partial charge in [-0.25, -0.2) is 0 Å². The van der Waals surface area contributed by atoms with E-state index in [9.17, 15) is 15.3 Å². The largest absolute Gasteiger partial charge is 0.615 e. The molecule has 1 aromatic carbocycles. The fourth-order valence-electron chi connectivity index (χ4n) is 2.40. The normalized spacial score (nSPS) is 16.3. The first-order chi connectivity index (χ1) is 10.6. The molecule has 8 heteroatoms. The van der Waals surface area contributed by atoms with E-state index < -0.39 is 4.92 Å². The predicted molar refractivity (Wildman–Crippen MR) is 80.1 cm³/mol. The highest BCUT2D eigenvalue weighted by Gasteiger charge is 2.35. The number of fused-ring (bicyclic) bond motifs is 1. The van der Waals surface area contributed by atoms with Crippen LogP contribution in [-0.2, 0) is 6.42 Å². The Morgan fingerprint density at radius 3 is 2.82 bits per heavy atom. The zero-order valence-electron chi connectivity index (χ0n) is 11.4. The van der Waals surface area contributed by atoms with Crippen LogP contribution in [0.5, 0.6) is 5.88 Å². The van der Waals surface area contributed by atoms with Crippen molar-refractivity contribution in [1.82, 2.24) is 0 Å². The van der Waals surface area contributed by atoms with Crippen LogP contribution in [0.2, 0.25) is 5.15 Å². The number of halogens is 1. The smallest absolute Gasteiger partial charge is 0.412 e. The van der Waals surface area contributed by atoms with Crippen molar-refractivity contribution in [2.45, 2.75) is 12.5 Å². The van der Waals surface area contributed by atoms with Crippen molar-refractivity contribution in [2.75, 3.05) is 11.9 Å². The van der Waals surface area contributed by atoms with Crippen LogP contribution < -0.4 is 14.8 Å². The Bertz CT molecular complexity index is 724. The van der Waals surface area contributed by atoms with Crippen LogP contribution in [0.25, 0.3) is 0 Å². The first-order valence-electron chi connectivity index (χ1n) is 6.60. The molecule has 0 amide bonds. The number of nitrogens with one attached hydrogen (secondary N) is 1. The maximum atomic E-state index is 11.9. The van der Waals surface area contributed by atoms with Gasteiger partial charge in [-0.15, -0.1) is 4.73 Å². The summed E-state index contributed by atoms with van der Waals surface area (Å²) in [5.41, 5.74) is 0.861. The first kappa shape index (κ1) is 14.4. The average molecular weight is 322 g/mol. The molecule has 0 unspecified atom stereocenters. The third-order valence-corrected chi connectivity index (χ3v) is 3.66. The van der Waals surface area contributed by atoms with Gasteiger partial charge < -0.3 is 15.3 Å². The highest BCUT2D eigenvalue weighted by atomic mass is 35.5. The van der Waals surface area contributed by atoms with E-state index in [0.29, 0.717) is 11.2 Å². The van der Waals surface area contributed by atoms with Gasteiger partial charge in [0.1, 0.15) is 12.7 Å². The van der Waals surface area contributed by atoms with E-state index in [0.717, 1.165) is 11.6 Å². The molecule has 2 heterocycles. The van der Waals surface area contributed by atoms with E-state index in [1.54, 1.807) is 0 Å². The number of nitrogens with zero attached hydrogens (tertiary/aromatic N) is 2. The molecule has 1 aliphatic heterocycles. The summed E-state index contributed by atoms with van der Waals surface area (Å²) >= 11 is 5.70. The zero-order valence-corrected chi connectivity index (χ0v) is 12.1. The fourth-order valence-corrected chi connectivity index (χ4v) is 2.58. The van der Waals surface area contributed by atoms with Gasteiger partial charge in [-0.05, 0) is 23.6 Å². The molecule has 0 spiro atoms. The molecule has 7 nitrogen and oxygen atoms in total. The van der Waals surface area contributed by atoms with Gasteiger partial charge >= 0.3 is 11.6 Å². The molecule has 0 saturated heterocycles. The van der Waals surface area contributed by atoms with Gasteiger partial charge in [0.15, 0.2) is 0 Å². The molecule has 1 aromatic heterocycles. The van der Waals surface area contributed by atoms with Gasteiger partial charge in [0.2, 0.25) is 5.69 Å². The van der Waals surface area contributed by atoms with Crippen LogP contribution in [0.15, 0.2) is 36.4 Å². The van der Waals surface area contributed by atoms with Gasteiger partial charge in [0.05, 0.1) is 11.0 Å². The maximum absolute atomic E-state index is 11.9. The van der Waals surface area contributed by atoms with Crippen molar-refractivity contribution in [2.24, 2.45) is 0 Å². The van der Waals surface area contributed by atoms with Crippen molar-refractivity contribution >= 4 is 23.0 Å². The van der Waals surface area contributed by atoms with E-state index in [-0.39, 0.29) is 35.1 Å². The van der Waals surface area contributed by atoms with Gasteiger partial charge in [0, 0.05) is 0 Å². The Kier molecular flexibility index (Phi) is 3.72. The molecular formula is C14H12ClN3O4. The van der Waals surface area contributed by atoms with Crippen molar-refractivity contribution in [3.8, 4) is 5.88 Å². The number of hydrogen-bond donors (Lipinski definition) is 1. The monoisotopic (exact) mass is 321 g/mol. The second-order valence-corrected chi connectivity index (χ2v) is 5.31. The van der Waals surface area contributed by atoms with Gasteiger partial charge in [-0.3, -0.25) is 10.1 Å². The lowest BCUT2D eigenvalue weighted by molar-refractivity contribution is -0.610. The molecule has 1 N–H and O–H groups in total. The number of hydrogen-bond acceptors (Lipinski definition) is 5. The minimum absolute atomic E-state index is 0.0663. The van der Waals surface area contributed by atoms with Crippen LogP contribution in [0.4, 0.5) is 11.4 Å². The van der Waals surface area contributed by atoms with Crippen LogP contribution in [0.1, 0.15) is 5.56 Å². The summed E-state index contributed by atoms with van der Waals surface area (Å²) in [6.45, 7) is 0.224. The van der Waals surface area contributed by atoms with E-state index in [1.165, 1.54) is 0 Å². The summed E-state index contributed by atoms with van der Waals surface area (Å²) in [4.78, 5) is 10.6. The van der Waals surface area contributed by atoms with E-state index in [2.05, 4.69) is 5.32 Å². The molecule has 0 saturated carbocycles.